The average Bonchev–Trinajstić information content (AvgIpc) is 2.65. The number of piperazine rings is 1. The second kappa shape index (κ2) is 11.4. The molecular weight excluding hydrogens is 330 g/mol. The molecule has 2 rings (SSSR count). The predicted molar refractivity (Wildman–Crippen MR) is 111 cm³/mol. The summed E-state index contributed by atoms with van der Waals surface area (Å²) in [5.74, 6) is 2.01. The monoisotopic (exact) mass is 363 g/mol. The van der Waals surface area contributed by atoms with E-state index < -0.39 is 0 Å². The Morgan fingerprint density at radius 1 is 1.20 bits per heavy atom. The van der Waals surface area contributed by atoms with Gasteiger partial charge in [-0.2, -0.15) is 11.8 Å². The Morgan fingerprint density at radius 2 is 1.96 bits per heavy atom. The summed E-state index contributed by atoms with van der Waals surface area (Å²) < 4.78 is 0. The smallest absolute Gasteiger partial charge is 0.191 e. The summed E-state index contributed by atoms with van der Waals surface area (Å²) in [7, 11) is 4.05. The number of hydrogen-bond acceptors (Lipinski definition) is 4. The van der Waals surface area contributed by atoms with Crippen molar-refractivity contribution < 1.29 is 0 Å². The van der Waals surface area contributed by atoms with Crippen LogP contribution in [-0.4, -0.2) is 81.1 Å². The van der Waals surface area contributed by atoms with Crippen molar-refractivity contribution in [2.75, 3.05) is 65.4 Å². The topological polar surface area (TPSA) is 42.9 Å². The number of hydrogen-bond donors (Lipinski definition) is 2. The molecule has 1 fully saturated rings. The molecule has 1 saturated heterocycles. The lowest BCUT2D eigenvalue weighted by molar-refractivity contribution is 0.0891. The average molecular weight is 364 g/mol. The Bertz CT molecular complexity index is 508. The zero-order valence-electron chi connectivity index (χ0n) is 15.9. The molecule has 0 aliphatic carbocycles. The van der Waals surface area contributed by atoms with Crippen LogP contribution < -0.4 is 10.6 Å². The van der Waals surface area contributed by atoms with Crippen LogP contribution in [0.5, 0.6) is 0 Å². The van der Waals surface area contributed by atoms with Gasteiger partial charge in [-0.05, 0) is 25.3 Å². The molecule has 2 N–H and O–H groups in total. The number of likely N-dealkylation sites (N-methyl/N-ethyl adjacent to an activating group) is 1. The van der Waals surface area contributed by atoms with Gasteiger partial charge in [0.05, 0.1) is 0 Å². The van der Waals surface area contributed by atoms with Crippen LogP contribution in [0.15, 0.2) is 35.3 Å². The molecule has 1 aliphatic heterocycles. The van der Waals surface area contributed by atoms with Crippen molar-refractivity contribution in [2.45, 2.75) is 12.5 Å². The zero-order valence-corrected chi connectivity index (χ0v) is 16.7. The summed E-state index contributed by atoms with van der Waals surface area (Å²) >= 11 is 1.84. The molecule has 140 valence electrons. The number of nitrogens with one attached hydrogen (secondary N) is 2. The lowest BCUT2D eigenvalue weighted by Crippen LogP contribution is -2.47. The summed E-state index contributed by atoms with van der Waals surface area (Å²) in [6, 6.07) is 11.4. The molecular formula is C19H33N5S. The fourth-order valence-corrected chi connectivity index (χ4v) is 3.50. The van der Waals surface area contributed by atoms with Gasteiger partial charge in [0.15, 0.2) is 5.96 Å². The third-order valence-corrected chi connectivity index (χ3v) is 5.23. The molecule has 1 atom stereocenters. The number of thioether (sulfide) groups is 1. The highest BCUT2D eigenvalue weighted by molar-refractivity contribution is 7.98. The number of guanidine groups is 1. The van der Waals surface area contributed by atoms with E-state index >= 15 is 0 Å². The molecule has 1 aromatic carbocycles. The van der Waals surface area contributed by atoms with Crippen LogP contribution in [0.25, 0.3) is 0 Å². The van der Waals surface area contributed by atoms with Crippen LogP contribution in [0, 0.1) is 0 Å². The van der Waals surface area contributed by atoms with E-state index in [0.717, 1.165) is 57.4 Å². The molecule has 0 aromatic heterocycles. The van der Waals surface area contributed by atoms with E-state index in [1.54, 1.807) is 0 Å². The molecule has 1 aromatic rings. The fraction of sp³-hybridized carbons (Fsp3) is 0.632. The molecule has 25 heavy (non-hydrogen) atoms. The minimum Gasteiger partial charge on any atom is -0.356 e. The molecule has 1 aliphatic rings. The van der Waals surface area contributed by atoms with Gasteiger partial charge in [-0.15, -0.1) is 0 Å². The molecule has 1 heterocycles. The van der Waals surface area contributed by atoms with Crippen LogP contribution in [0.1, 0.15) is 18.0 Å². The third kappa shape index (κ3) is 6.88. The normalized spacial score (nSPS) is 19.8. The molecule has 0 amide bonds. The van der Waals surface area contributed by atoms with Gasteiger partial charge >= 0.3 is 0 Å². The Hall–Kier alpha value is -1.24. The maximum absolute atomic E-state index is 4.28. The van der Waals surface area contributed by atoms with Gasteiger partial charge < -0.3 is 15.5 Å². The van der Waals surface area contributed by atoms with Crippen LogP contribution >= 0.6 is 11.8 Å². The lowest BCUT2D eigenvalue weighted by Gasteiger charge is -2.40. The van der Waals surface area contributed by atoms with Crippen LogP contribution in [0.2, 0.25) is 0 Å². The highest BCUT2D eigenvalue weighted by Crippen LogP contribution is 2.24. The maximum Gasteiger partial charge on any atom is 0.191 e. The van der Waals surface area contributed by atoms with E-state index in [1.807, 2.05) is 18.8 Å². The first-order valence-electron chi connectivity index (χ1n) is 9.15. The second-order valence-electron chi connectivity index (χ2n) is 6.50. The molecule has 5 nitrogen and oxygen atoms in total. The van der Waals surface area contributed by atoms with E-state index in [-0.39, 0.29) is 0 Å². The first-order chi connectivity index (χ1) is 12.2. The van der Waals surface area contributed by atoms with E-state index in [9.17, 15) is 0 Å². The molecule has 1 unspecified atom stereocenters. The lowest BCUT2D eigenvalue weighted by atomic mass is 10.0. The number of nitrogens with zero attached hydrogens (tertiary/aromatic N) is 3. The van der Waals surface area contributed by atoms with Crippen LogP contribution in [0.3, 0.4) is 0 Å². The molecule has 0 bridgehead atoms. The van der Waals surface area contributed by atoms with Crippen molar-refractivity contribution >= 4 is 17.7 Å². The van der Waals surface area contributed by atoms with Gasteiger partial charge in [-0.3, -0.25) is 9.89 Å². The van der Waals surface area contributed by atoms with Gasteiger partial charge in [0.1, 0.15) is 0 Å². The fourth-order valence-electron chi connectivity index (χ4n) is 3.20. The Morgan fingerprint density at radius 3 is 2.68 bits per heavy atom. The number of benzene rings is 1. The predicted octanol–water partition coefficient (Wildman–Crippen LogP) is 1.89. The van der Waals surface area contributed by atoms with Gasteiger partial charge in [-0.25, -0.2) is 0 Å². The third-order valence-electron chi connectivity index (χ3n) is 4.62. The summed E-state index contributed by atoms with van der Waals surface area (Å²) in [4.78, 5) is 9.34. The standard InChI is InChI=1S/C19H33N5S/c1-20-19(22-11-15-25-3)21-10-7-12-24-14-13-23(2)16-18(24)17-8-5-4-6-9-17/h4-6,8-9,18H,7,10-16H2,1-3H3,(H2,20,21,22). The summed E-state index contributed by atoms with van der Waals surface area (Å²) in [6.45, 7) is 6.41. The first kappa shape index (κ1) is 20.1. The van der Waals surface area contributed by atoms with Gasteiger partial charge in [-0.1, -0.05) is 30.3 Å². The number of aliphatic imine (C=N–C) groups is 1. The van der Waals surface area contributed by atoms with Crippen LogP contribution in [0.4, 0.5) is 0 Å². The van der Waals surface area contributed by atoms with Crippen molar-refractivity contribution in [3.63, 3.8) is 0 Å². The van der Waals surface area contributed by atoms with E-state index in [4.69, 9.17) is 0 Å². The van der Waals surface area contributed by atoms with Gasteiger partial charge in [0.25, 0.3) is 0 Å². The highest BCUT2D eigenvalue weighted by Gasteiger charge is 2.25. The zero-order chi connectivity index (χ0) is 17.9. The van der Waals surface area contributed by atoms with Crippen LogP contribution in [-0.2, 0) is 0 Å². The molecule has 6 heteroatoms. The van der Waals surface area contributed by atoms with Crippen molar-refractivity contribution in [1.29, 1.82) is 0 Å². The SMILES string of the molecule is CN=C(NCCCN1CCN(C)CC1c1ccccc1)NCCSC. The maximum atomic E-state index is 4.28. The minimum absolute atomic E-state index is 0.499. The molecule has 0 saturated carbocycles. The first-order valence-corrected chi connectivity index (χ1v) is 10.5. The summed E-state index contributed by atoms with van der Waals surface area (Å²) in [5.41, 5.74) is 1.43. The summed E-state index contributed by atoms with van der Waals surface area (Å²) in [5, 5.41) is 6.77. The Kier molecular flexibility index (Phi) is 9.15. The van der Waals surface area contributed by atoms with E-state index in [2.05, 4.69) is 69.1 Å². The number of rotatable bonds is 8. The van der Waals surface area contributed by atoms with Crippen molar-refractivity contribution in [1.82, 2.24) is 20.4 Å². The van der Waals surface area contributed by atoms with E-state index in [0.29, 0.717) is 6.04 Å². The molecule has 0 spiro atoms. The van der Waals surface area contributed by atoms with Crippen molar-refractivity contribution in [3.8, 4) is 0 Å². The van der Waals surface area contributed by atoms with Crippen molar-refractivity contribution in [2.24, 2.45) is 4.99 Å². The quantitative estimate of drug-likeness (QED) is 0.419. The second-order valence-corrected chi connectivity index (χ2v) is 7.48. The van der Waals surface area contributed by atoms with Gasteiger partial charge in [0, 0.05) is 58.1 Å². The van der Waals surface area contributed by atoms with E-state index in [1.165, 1.54) is 5.56 Å². The summed E-state index contributed by atoms with van der Waals surface area (Å²) in [6.07, 6.45) is 3.24. The largest absolute Gasteiger partial charge is 0.356 e. The Labute approximate surface area is 157 Å². The van der Waals surface area contributed by atoms with Gasteiger partial charge in [0.2, 0.25) is 0 Å². The Balaban J connectivity index is 1.78. The highest BCUT2D eigenvalue weighted by atomic mass is 32.2. The van der Waals surface area contributed by atoms with Crippen molar-refractivity contribution in [3.05, 3.63) is 35.9 Å². The minimum atomic E-state index is 0.499. The molecule has 0 radical (unpaired) electrons.